The van der Waals surface area contributed by atoms with Crippen LogP contribution in [0.15, 0.2) is 12.3 Å². The van der Waals surface area contributed by atoms with Crippen LogP contribution in [0.3, 0.4) is 0 Å². The van der Waals surface area contributed by atoms with Crippen LogP contribution < -0.4 is 10.2 Å². The number of likely N-dealkylation sites (tertiary alicyclic amines) is 1. The molecule has 0 unspecified atom stereocenters. The lowest BCUT2D eigenvalue weighted by molar-refractivity contribution is -0.125. The molecule has 3 heterocycles. The van der Waals surface area contributed by atoms with Crippen LogP contribution in [-0.4, -0.2) is 59.5 Å². The molecule has 1 atom stereocenters. The molecular formula is C19H31N5O. The summed E-state index contributed by atoms with van der Waals surface area (Å²) < 4.78 is 0. The van der Waals surface area contributed by atoms with Crippen molar-refractivity contribution in [2.45, 2.75) is 52.0 Å². The fraction of sp³-hybridized carbons (Fsp3) is 0.737. The van der Waals surface area contributed by atoms with Crippen molar-refractivity contribution < 1.29 is 4.79 Å². The average molecular weight is 345 g/mol. The first-order valence-electron chi connectivity index (χ1n) is 9.70. The van der Waals surface area contributed by atoms with Gasteiger partial charge in [-0.3, -0.25) is 9.69 Å². The van der Waals surface area contributed by atoms with E-state index >= 15 is 0 Å². The van der Waals surface area contributed by atoms with Gasteiger partial charge in [0.05, 0.1) is 0 Å². The first-order valence-corrected chi connectivity index (χ1v) is 9.70. The highest BCUT2D eigenvalue weighted by Gasteiger charge is 2.26. The summed E-state index contributed by atoms with van der Waals surface area (Å²) in [5, 5.41) is 3.15. The minimum Gasteiger partial charge on any atom is -0.355 e. The van der Waals surface area contributed by atoms with Crippen molar-refractivity contribution in [3.8, 4) is 0 Å². The molecule has 0 spiro atoms. The van der Waals surface area contributed by atoms with Gasteiger partial charge in [0.2, 0.25) is 11.9 Å². The summed E-state index contributed by atoms with van der Waals surface area (Å²) in [6.45, 7) is 8.90. The van der Waals surface area contributed by atoms with Crippen LogP contribution >= 0.6 is 0 Å². The van der Waals surface area contributed by atoms with Crippen LogP contribution in [0.4, 0.5) is 5.95 Å². The molecule has 1 aromatic rings. The van der Waals surface area contributed by atoms with Crippen LogP contribution in [0.2, 0.25) is 0 Å². The van der Waals surface area contributed by atoms with E-state index in [-0.39, 0.29) is 11.8 Å². The van der Waals surface area contributed by atoms with Gasteiger partial charge in [-0.2, -0.15) is 0 Å². The Balaban J connectivity index is 1.39. The molecular weight excluding hydrogens is 314 g/mol. The average Bonchev–Trinajstić information content (AvgIpc) is 2.63. The second-order valence-electron chi connectivity index (χ2n) is 7.43. The number of rotatable bonds is 5. The van der Waals surface area contributed by atoms with E-state index in [9.17, 15) is 4.79 Å². The van der Waals surface area contributed by atoms with Crippen molar-refractivity contribution in [1.29, 1.82) is 0 Å². The summed E-state index contributed by atoms with van der Waals surface area (Å²) in [5.41, 5.74) is 0.983. The number of aromatic nitrogens is 2. The monoisotopic (exact) mass is 345 g/mol. The number of carbonyl (C=O) groups excluding carboxylic acids is 1. The van der Waals surface area contributed by atoms with E-state index < -0.39 is 0 Å². The SMILES string of the molecule is Cc1ccnc(N2CCC(C(=O)NCCN3CCCC[C@@H]3C)CC2)n1. The van der Waals surface area contributed by atoms with Crippen molar-refractivity contribution in [3.05, 3.63) is 18.0 Å². The molecule has 2 fully saturated rings. The number of nitrogens with one attached hydrogen (secondary N) is 1. The van der Waals surface area contributed by atoms with E-state index in [1.54, 1.807) is 6.20 Å². The van der Waals surface area contributed by atoms with Crippen LogP contribution in [-0.2, 0) is 4.79 Å². The van der Waals surface area contributed by atoms with Gasteiger partial charge in [0.25, 0.3) is 0 Å². The van der Waals surface area contributed by atoms with Crippen LogP contribution in [0, 0.1) is 12.8 Å². The molecule has 0 saturated carbocycles. The maximum atomic E-state index is 12.4. The minimum absolute atomic E-state index is 0.125. The van der Waals surface area contributed by atoms with Crippen LogP contribution in [0.5, 0.6) is 0 Å². The second kappa shape index (κ2) is 8.61. The molecule has 6 heteroatoms. The summed E-state index contributed by atoms with van der Waals surface area (Å²) in [7, 11) is 0. The summed E-state index contributed by atoms with van der Waals surface area (Å²) in [6.07, 6.45) is 7.48. The van der Waals surface area contributed by atoms with E-state index in [0.29, 0.717) is 6.04 Å². The fourth-order valence-corrected chi connectivity index (χ4v) is 3.89. The molecule has 1 N–H and O–H groups in total. The summed E-state index contributed by atoms with van der Waals surface area (Å²) in [6, 6.07) is 2.57. The Labute approximate surface area is 151 Å². The van der Waals surface area contributed by atoms with Crippen LogP contribution in [0.25, 0.3) is 0 Å². The van der Waals surface area contributed by atoms with Gasteiger partial charge in [-0.15, -0.1) is 0 Å². The Kier molecular flexibility index (Phi) is 6.24. The first kappa shape index (κ1) is 18.1. The molecule has 0 aliphatic carbocycles. The highest BCUT2D eigenvalue weighted by atomic mass is 16.1. The molecule has 3 rings (SSSR count). The van der Waals surface area contributed by atoms with Crippen molar-refractivity contribution in [2.24, 2.45) is 5.92 Å². The molecule has 0 radical (unpaired) electrons. The van der Waals surface area contributed by atoms with Gasteiger partial charge in [-0.05, 0) is 52.1 Å². The van der Waals surface area contributed by atoms with E-state index in [4.69, 9.17) is 0 Å². The number of amides is 1. The number of hydrogen-bond acceptors (Lipinski definition) is 5. The predicted molar refractivity (Wildman–Crippen MR) is 99.6 cm³/mol. The zero-order valence-corrected chi connectivity index (χ0v) is 15.6. The molecule has 0 bridgehead atoms. The fourth-order valence-electron chi connectivity index (χ4n) is 3.89. The smallest absolute Gasteiger partial charge is 0.225 e. The zero-order chi connectivity index (χ0) is 17.6. The molecule has 2 aliphatic heterocycles. The number of hydrogen-bond donors (Lipinski definition) is 1. The van der Waals surface area contributed by atoms with Gasteiger partial charge in [0.1, 0.15) is 0 Å². The van der Waals surface area contributed by atoms with Gasteiger partial charge >= 0.3 is 0 Å². The molecule has 1 amide bonds. The predicted octanol–water partition coefficient (Wildman–Crippen LogP) is 1.99. The Morgan fingerprint density at radius 1 is 1.24 bits per heavy atom. The quantitative estimate of drug-likeness (QED) is 0.884. The van der Waals surface area contributed by atoms with Crippen LogP contribution in [0.1, 0.15) is 44.7 Å². The van der Waals surface area contributed by atoms with Crippen molar-refractivity contribution in [2.75, 3.05) is 37.6 Å². The van der Waals surface area contributed by atoms with Gasteiger partial charge in [-0.1, -0.05) is 6.42 Å². The number of anilines is 1. The lowest BCUT2D eigenvalue weighted by Gasteiger charge is -2.34. The van der Waals surface area contributed by atoms with Gasteiger partial charge in [0, 0.05) is 50.0 Å². The highest BCUT2D eigenvalue weighted by molar-refractivity contribution is 5.78. The molecule has 6 nitrogen and oxygen atoms in total. The Bertz CT molecular complexity index is 571. The molecule has 138 valence electrons. The largest absolute Gasteiger partial charge is 0.355 e. The lowest BCUT2D eigenvalue weighted by Crippen LogP contribution is -2.45. The van der Waals surface area contributed by atoms with E-state index in [1.165, 1.54) is 25.8 Å². The maximum Gasteiger partial charge on any atom is 0.225 e. The van der Waals surface area contributed by atoms with Gasteiger partial charge in [-0.25, -0.2) is 9.97 Å². The number of aryl methyl sites for hydroxylation is 1. The third-order valence-corrected chi connectivity index (χ3v) is 5.57. The van der Waals surface area contributed by atoms with E-state index in [1.807, 2.05) is 13.0 Å². The molecule has 25 heavy (non-hydrogen) atoms. The lowest BCUT2D eigenvalue weighted by atomic mass is 9.96. The second-order valence-corrected chi connectivity index (χ2v) is 7.43. The van der Waals surface area contributed by atoms with Gasteiger partial charge < -0.3 is 10.2 Å². The van der Waals surface area contributed by atoms with Crippen molar-refractivity contribution in [1.82, 2.24) is 20.2 Å². The molecule has 2 aliphatic rings. The van der Waals surface area contributed by atoms with Crippen molar-refractivity contribution >= 4 is 11.9 Å². The Morgan fingerprint density at radius 3 is 2.76 bits per heavy atom. The standard InChI is InChI=1S/C19H31N5O/c1-15-6-9-21-19(22-15)24-12-7-17(8-13-24)18(25)20-10-14-23-11-4-3-5-16(23)2/h6,9,16-17H,3-5,7-8,10-14H2,1-2H3,(H,20,25)/t16-/m0/s1. The molecule has 1 aromatic heterocycles. The maximum absolute atomic E-state index is 12.4. The number of piperidine rings is 2. The third kappa shape index (κ3) is 4.91. The van der Waals surface area contributed by atoms with E-state index in [2.05, 4.69) is 32.0 Å². The first-order chi connectivity index (χ1) is 12.1. The Hall–Kier alpha value is -1.69. The normalized spacial score (nSPS) is 22.8. The molecule has 0 aromatic carbocycles. The highest BCUT2D eigenvalue weighted by Crippen LogP contribution is 2.21. The minimum atomic E-state index is 0.125. The van der Waals surface area contributed by atoms with Gasteiger partial charge in [0.15, 0.2) is 0 Å². The zero-order valence-electron chi connectivity index (χ0n) is 15.6. The molecule has 2 saturated heterocycles. The number of nitrogens with zero attached hydrogens (tertiary/aromatic N) is 4. The number of carbonyl (C=O) groups is 1. The topological polar surface area (TPSA) is 61.4 Å². The van der Waals surface area contributed by atoms with Crippen molar-refractivity contribution in [3.63, 3.8) is 0 Å². The summed E-state index contributed by atoms with van der Waals surface area (Å²) >= 11 is 0. The third-order valence-electron chi connectivity index (χ3n) is 5.57. The summed E-state index contributed by atoms with van der Waals surface area (Å²) in [5.74, 6) is 1.13. The summed E-state index contributed by atoms with van der Waals surface area (Å²) in [4.78, 5) is 26.0. The Morgan fingerprint density at radius 2 is 2.04 bits per heavy atom. The van der Waals surface area contributed by atoms with E-state index in [0.717, 1.165) is 50.7 Å².